The molecular formula is C12H21NO2. The summed E-state index contributed by atoms with van der Waals surface area (Å²) in [5.74, 6) is 0.842. The Morgan fingerprint density at radius 1 is 1.33 bits per heavy atom. The zero-order valence-corrected chi connectivity index (χ0v) is 9.95. The number of morpholine rings is 1. The number of rotatable bonds is 2. The van der Waals surface area contributed by atoms with Crippen molar-refractivity contribution >= 4 is 5.78 Å². The number of nitrogens with zero attached hydrogens (tertiary/aromatic N) is 1. The van der Waals surface area contributed by atoms with Crippen molar-refractivity contribution in [2.75, 3.05) is 26.3 Å². The van der Waals surface area contributed by atoms with E-state index in [1.807, 2.05) is 0 Å². The minimum atomic E-state index is 0.126. The van der Waals surface area contributed by atoms with Crippen molar-refractivity contribution in [3.05, 3.63) is 0 Å². The Hall–Kier alpha value is -0.410. The predicted octanol–water partition coefficient (Wildman–Crippen LogP) is 1.32. The van der Waals surface area contributed by atoms with Crippen molar-refractivity contribution in [2.24, 2.45) is 11.8 Å². The molecular weight excluding hydrogens is 190 g/mol. The van der Waals surface area contributed by atoms with Crippen molar-refractivity contribution in [1.29, 1.82) is 0 Å². The lowest BCUT2D eigenvalue weighted by atomic mass is 9.56. The lowest BCUT2D eigenvalue weighted by Crippen LogP contribution is -2.71. The molecule has 0 N–H and O–H groups in total. The summed E-state index contributed by atoms with van der Waals surface area (Å²) in [7, 11) is 0. The van der Waals surface area contributed by atoms with Gasteiger partial charge in [0.2, 0.25) is 0 Å². The topological polar surface area (TPSA) is 29.5 Å². The van der Waals surface area contributed by atoms with Gasteiger partial charge in [-0.25, -0.2) is 0 Å². The molecule has 1 saturated carbocycles. The molecule has 2 aliphatic rings. The van der Waals surface area contributed by atoms with Crippen molar-refractivity contribution in [2.45, 2.75) is 32.7 Å². The Morgan fingerprint density at radius 3 is 2.33 bits per heavy atom. The van der Waals surface area contributed by atoms with Crippen molar-refractivity contribution in [3.8, 4) is 0 Å². The third kappa shape index (κ3) is 1.36. The number of Topliss-reactive ketones (excluding diaryl/α,β-unsaturated/α-hetero) is 1. The maximum absolute atomic E-state index is 11.7. The van der Waals surface area contributed by atoms with Crippen LogP contribution in [0.3, 0.4) is 0 Å². The molecule has 2 rings (SSSR count). The minimum absolute atomic E-state index is 0.126. The minimum Gasteiger partial charge on any atom is -0.379 e. The van der Waals surface area contributed by atoms with E-state index in [2.05, 4.69) is 25.7 Å². The Morgan fingerprint density at radius 2 is 1.87 bits per heavy atom. The molecule has 86 valence electrons. The highest BCUT2D eigenvalue weighted by atomic mass is 16.5. The van der Waals surface area contributed by atoms with E-state index in [4.69, 9.17) is 4.74 Å². The van der Waals surface area contributed by atoms with Crippen molar-refractivity contribution < 1.29 is 9.53 Å². The molecule has 0 bridgehead atoms. The van der Waals surface area contributed by atoms with Crippen LogP contribution in [0.5, 0.6) is 0 Å². The van der Waals surface area contributed by atoms with E-state index in [0.29, 0.717) is 5.78 Å². The van der Waals surface area contributed by atoms with Crippen LogP contribution in [0.15, 0.2) is 0 Å². The highest BCUT2D eigenvalue weighted by molar-refractivity contribution is 5.92. The Bertz CT molecular complexity index is 246. The van der Waals surface area contributed by atoms with Crippen LogP contribution in [0.2, 0.25) is 0 Å². The van der Waals surface area contributed by atoms with Gasteiger partial charge in [0.15, 0.2) is 0 Å². The standard InChI is InChI=1S/C12H21NO2/c1-4-12(9(2)11(14)10(12)3)13-5-7-15-8-6-13/h9-10H,4-8H2,1-3H3. The monoisotopic (exact) mass is 211 g/mol. The summed E-state index contributed by atoms with van der Waals surface area (Å²) in [4.78, 5) is 14.2. The molecule has 2 unspecified atom stereocenters. The first-order chi connectivity index (χ1) is 7.14. The average Bonchev–Trinajstić information content (AvgIpc) is 2.31. The Kier molecular flexibility index (Phi) is 2.86. The average molecular weight is 211 g/mol. The number of carbonyl (C=O) groups is 1. The van der Waals surface area contributed by atoms with Gasteiger partial charge in [-0.1, -0.05) is 20.8 Å². The van der Waals surface area contributed by atoms with Gasteiger partial charge < -0.3 is 4.74 Å². The second-order valence-corrected chi connectivity index (χ2v) is 4.79. The van der Waals surface area contributed by atoms with Gasteiger partial charge in [0.1, 0.15) is 5.78 Å². The lowest BCUT2D eigenvalue weighted by molar-refractivity contribution is -0.166. The third-order valence-electron chi connectivity index (χ3n) is 4.52. The Labute approximate surface area is 91.8 Å². The van der Waals surface area contributed by atoms with Gasteiger partial charge in [0.05, 0.1) is 13.2 Å². The van der Waals surface area contributed by atoms with Gasteiger partial charge >= 0.3 is 0 Å². The molecule has 3 heteroatoms. The van der Waals surface area contributed by atoms with Gasteiger partial charge in [-0.2, -0.15) is 0 Å². The molecule has 0 spiro atoms. The summed E-state index contributed by atoms with van der Waals surface area (Å²) in [6.07, 6.45) is 1.07. The van der Waals surface area contributed by atoms with Crippen molar-refractivity contribution in [1.82, 2.24) is 4.90 Å². The summed E-state index contributed by atoms with van der Waals surface area (Å²) in [6, 6.07) is 0. The zero-order valence-electron chi connectivity index (χ0n) is 9.95. The highest BCUT2D eigenvalue weighted by Crippen LogP contribution is 2.47. The third-order valence-corrected chi connectivity index (χ3v) is 4.52. The largest absolute Gasteiger partial charge is 0.379 e. The fraction of sp³-hybridized carbons (Fsp3) is 0.917. The van der Waals surface area contributed by atoms with Crippen LogP contribution >= 0.6 is 0 Å². The molecule has 2 fully saturated rings. The van der Waals surface area contributed by atoms with Crippen LogP contribution in [0.25, 0.3) is 0 Å². The van der Waals surface area contributed by atoms with Gasteiger partial charge in [0, 0.05) is 30.5 Å². The van der Waals surface area contributed by atoms with Crippen molar-refractivity contribution in [3.63, 3.8) is 0 Å². The number of ether oxygens (including phenoxy) is 1. The van der Waals surface area contributed by atoms with E-state index in [1.54, 1.807) is 0 Å². The molecule has 1 aliphatic carbocycles. The highest BCUT2D eigenvalue weighted by Gasteiger charge is 2.59. The number of carbonyl (C=O) groups excluding carboxylic acids is 1. The number of ketones is 1. The van der Waals surface area contributed by atoms with E-state index >= 15 is 0 Å². The van der Waals surface area contributed by atoms with Crippen LogP contribution in [-0.4, -0.2) is 42.5 Å². The van der Waals surface area contributed by atoms with Crippen LogP contribution in [0, 0.1) is 11.8 Å². The van der Waals surface area contributed by atoms with E-state index < -0.39 is 0 Å². The fourth-order valence-corrected chi connectivity index (χ4v) is 3.51. The molecule has 1 heterocycles. The molecule has 0 amide bonds. The first-order valence-corrected chi connectivity index (χ1v) is 6.01. The molecule has 0 aromatic rings. The van der Waals surface area contributed by atoms with Gasteiger partial charge in [0.25, 0.3) is 0 Å². The summed E-state index contributed by atoms with van der Waals surface area (Å²) in [5.41, 5.74) is 0.126. The SMILES string of the molecule is CCC1(N2CCOCC2)C(C)C(=O)C1C. The first-order valence-electron chi connectivity index (χ1n) is 6.01. The predicted molar refractivity (Wildman–Crippen MR) is 58.7 cm³/mol. The molecule has 15 heavy (non-hydrogen) atoms. The molecule has 1 saturated heterocycles. The van der Waals surface area contributed by atoms with Crippen LogP contribution in [0.1, 0.15) is 27.2 Å². The molecule has 1 aliphatic heterocycles. The fourth-order valence-electron chi connectivity index (χ4n) is 3.51. The second-order valence-electron chi connectivity index (χ2n) is 4.79. The lowest BCUT2D eigenvalue weighted by Gasteiger charge is -2.58. The quantitative estimate of drug-likeness (QED) is 0.690. The van der Waals surface area contributed by atoms with E-state index in [-0.39, 0.29) is 17.4 Å². The molecule has 3 nitrogen and oxygen atoms in total. The van der Waals surface area contributed by atoms with Gasteiger partial charge in [-0.05, 0) is 6.42 Å². The van der Waals surface area contributed by atoms with Gasteiger partial charge in [-0.15, -0.1) is 0 Å². The number of hydrogen-bond donors (Lipinski definition) is 0. The smallest absolute Gasteiger partial charge is 0.142 e. The van der Waals surface area contributed by atoms with Crippen LogP contribution < -0.4 is 0 Å². The summed E-state index contributed by atoms with van der Waals surface area (Å²) in [6.45, 7) is 9.97. The van der Waals surface area contributed by atoms with E-state index in [9.17, 15) is 4.79 Å². The van der Waals surface area contributed by atoms with E-state index in [1.165, 1.54) is 0 Å². The first kappa shape index (κ1) is 11.1. The second kappa shape index (κ2) is 3.87. The number of hydrogen-bond acceptors (Lipinski definition) is 3. The van der Waals surface area contributed by atoms with E-state index in [0.717, 1.165) is 32.7 Å². The van der Waals surface area contributed by atoms with Crippen LogP contribution in [-0.2, 0) is 9.53 Å². The zero-order chi connectivity index (χ0) is 11.1. The molecule has 0 aromatic heterocycles. The maximum Gasteiger partial charge on any atom is 0.142 e. The molecule has 2 atom stereocenters. The molecule has 0 radical (unpaired) electrons. The van der Waals surface area contributed by atoms with Crippen LogP contribution in [0.4, 0.5) is 0 Å². The summed E-state index contributed by atoms with van der Waals surface area (Å²) < 4.78 is 5.38. The maximum atomic E-state index is 11.7. The Balaban J connectivity index is 2.17. The molecule has 0 aromatic carbocycles. The normalized spacial score (nSPS) is 42.7. The summed E-state index contributed by atoms with van der Waals surface area (Å²) in [5, 5.41) is 0. The summed E-state index contributed by atoms with van der Waals surface area (Å²) >= 11 is 0. The van der Waals surface area contributed by atoms with Gasteiger partial charge in [-0.3, -0.25) is 9.69 Å².